The number of piperazine rings is 1. The van der Waals surface area contributed by atoms with Crippen LogP contribution in [0.4, 0.5) is 5.69 Å². The van der Waals surface area contributed by atoms with E-state index in [1.165, 1.54) is 0 Å². The Labute approximate surface area is 272 Å². The Morgan fingerprint density at radius 2 is 1.52 bits per heavy atom. The quantitative estimate of drug-likeness (QED) is 0.186. The van der Waals surface area contributed by atoms with E-state index in [0.717, 1.165) is 89.7 Å². The molecule has 0 unspecified atom stereocenters. The fourth-order valence-corrected chi connectivity index (χ4v) is 6.10. The molecule has 0 spiro atoms. The third-order valence-corrected chi connectivity index (χ3v) is 8.93. The molecule has 0 aromatic heterocycles. The van der Waals surface area contributed by atoms with Crippen LogP contribution in [0.2, 0.25) is 0 Å². The second kappa shape index (κ2) is 16.5. The molecule has 10 heteroatoms. The molecule has 0 aliphatic carbocycles. The number of likely N-dealkylation sites (N-methyl/N-ethyl adjacent to an activating group) is 1. The molecule has 5 rings (SSSR count). The van der Waals surface area contributed by atoms with Crippen LogP contribution in [0.1, 0.15) is 67.3 Å². The molecule has 0 N–H and O–H groups in total. The van der Waals surface area contributed by atoms with Crippen molar-refractivity contribution in [2.75, 3.05) is 67.2 Å². The Morgan fingerprint density at radius 3 is 2.24 bits per heavy atom. The van der Waals surface area contributed by atoms with Gasteiger partial charge in [0.2, 0.25) is 5.91 Å². The molecule has 2 amide bonds. The first-order valence-electron chi connectivity index (χ1n) is 16.6. The molecule has 0 radical (unpaired) electrons. The maximum atomic E-state index is 13.0. The van der Waals surface area contributed by atoms with Crippen LogP contribution in [-0.2, 0) is 4.79 Å². The first-order valence-corrected chi connectivity index (χ1v) is 16.6. The van der Waals surface area contributed by atoms with Gasteiger partial charge in [0.05, 0.1) is 44.7 Å². The minimum absolute atomic E-state index is 0.0149. The average Bonchev–Trinajstić information content (AvgIpc) is 3.51. The number of fused-ring (bicyclic) bond motifs is 2. The summed E-state index contributed by atoms with van der Waals surface area (Å²) >= 11 is 0. The Balaban J connectivity index is 0.972. The van der Waals surface area contributed by atoms with Gasteiger partial charge in [-0.05, 0) is 62.6 Å². The second-order valence-corrected chi connectivity index (χ2v) is 12.2. The molecule has 2 saturated heterocycles. The summed E-state index contributed by atoms with van der Waals surface area (Å²) in [6.07, 6.45) is 13.6. The molecule has 2 aromatic carbocycles. The highest BCUT2D eigenvalue weighted by molar-refractivity contribution is 6.03. The van der Waals surface area contributed by atoms with Gasteiger partial charge in [0, 0.05) is 51.1 Å². The third kappa shape index (κ3) is 8.60. The van der Waals surface area contributed by atoms with E-state index >= 15 is 0 Å². The molecule has 3 aliphatic heterocycles. The van der Waals surface area contributed by atoms with Crippen molar-refractivity contribution >= 4 is 29.8 Å². The van der Waals surface area contributed by atoms with Gasteiger partial charge < -0.3 is 33.6 Å². The number of rotatable bonds is 15. The SMILES string of the molecule is COc1cc(/C=C/C(=O)N2CCN(C)CC2)ccc1OCCCCCCCCOc1cc2c(cc1OC)C(=O)N1CCC[C@H]1C=N2. The summed E-state index contributed by atoms with van der Waals surface area (Å²) in [7, 11) is 5.31. The van der Waals surface area contributed by atoms with Gasteiger partial charge in [0.1, 0.15) is 0 Å². The molecule has 248 valence electrons. The predicted molar refractivity (Wildman–Crippen MR) is 180 cm³/mol. The van der Waals surface area contributed by atoms with Gasteiger partial charge in [-0.15, -0.1) is 0 Å². The van der Waals surface area contributed by atoms with Crippen LogP contribution in [0.5, 0.6) is 23.0 Å². The number of hydrogen-bond donors (Lipinski definition) is 0. The van der Waals surface area contributed by atoms with Crippen LogP contribution in [0.15, 0.2) is 41.4 Å². The minimum atomic E-state index is 0.0149. The molecule has 1 atom stereocenters. The monoisotopic (exact) mass is 632 g/mol. The van der Waals surface area contributed by atoms with Crippen molar-refractivity contribution in [1.82, 2.24) is 14.7 Å². The number of carbonyl (C=O) groups is 2. The smallest absolute Gasteiger partial charge is 0.256 e. The number of hydrogen-bond acceptors (Lipinski definition) is 8. The summed E-state index contributed by atoms with van der Waals surface area (Å²) in [4.78, 5) is 36.2. The van der Waals surface area contributed by atoms with Crippen molar-refractivity contribution in [3.05, 3.63) is 47.5 Å². The van der Waals surface area contributed by atoms with Crippen molar-refractivity contribution in [2.24, 2.45) is 4.99 Å². The number of unbranched alkanes of at least 4 members (excludes halogenated alkanes) is 5. The normalized spacial score (nSPS) is 18.0. The maximum absolute atomic E-state index is 13.0. The summed E-state index contributed by atoms with van der Waals surface area (Å²) < 4.78 is 23.2. The number of methoxy groups -OCH3 is 2. The fourth-order valence-electron chi connectivity index (χ4n) is 6.10. The van der Waals surface area contributed by atoms with E-state index in [1.807, 2.05) is 46.4 Å². The van der Waals surface area contributed by atoms with Gasteiger partial charge in [-0.2, -0.15) is 0 Å². The van der Waals surface area contributed by atoms with E-state index in [9.17, 15) is 9.59 Å². The van der Waals surface area contributed by atoms with Gasteiger partial charge in [0.15, 0.2) is 23.0 Å². The van der Waals surface area contributed by atoms with Crippen molar-refractivity contribution in [3.8, 4) is 23.0 Å². The van der Waals surface area contributed by atoms with Gasteiger partial charge in [-0.3, -0.25) is 14.6 Å². The van der Waals surface area contributed by atoms with Crippen molar-refractivity contribution in [1.29, 1.82) is 0 Å². The number of amides is 2. The Bertz CT molecular complexity index is 1400. The second-order valence-electron chi connectivity index (χ2n) is 12.2. The van der Waals surface area contributed by atoms with Crippen LogP contribution in [0, 0.1) is 0 Å². The number of ether oxygens (including phenoxy) is 4. The predicted octanol–water partition coefficient (Wildman–Crippen LogP) is 5.61. The summed E-state index contributed by atoms with van der Waals surface area (Å²) in [5, 5.41) is 0. The van der Waals surface area contributed by atoms with Gasteiger partial charge in [-0.1, -0.05) is 31.7 Å². The molecule has 0 bridgehead atoms. The minimum Gasteiger partial charge on any atom is -0.493 e. The highest BCUT2D eigenvalue weighted by Crippen LogP contribution is 2.38. The highest BCUT2D eigenvalue weighted by atomic mass is 16.5. The van der Waals surface area contributed by atoms with Gasteiger partial charge in [0.25, 0.3) is 5.91 Å². The number of nitrogens with zero attached hydrogens (tertiary/aromatic N) is 4. The van der Waals surface area contributed by atoms with Gasteiger partial charge >= 0.3 is 0 Å². The zero-order chi connectivity index (χ0) is 32.3. The molecule has 10 nitrogen and oxygen atoms in total. The van der Waals surface area contributed by atoms with Gasteiger partial charge in [-0.25, -0.2) is 0 Å². The molecule has 3 aliphatic rings. The molecule has 3 heterocycles. The van der Waals surface area contributed by atoms with E-state index in [4.69, 9.17) is 18.9 Å². The molecular weight excluding hydrogens is 584 g/mol. The maximum Gasteiger partial charge on any atom is 0.256 e. The fraction of sp³-hybridized carbons (Fsp3) is 0.528. The third-order valence-electron chi connectivity index (χ3n) is 8.93. The van der Waals surface area contributed by atoms with Crippen LogP contribution >= 0.6 is 0 Å². The largest absolute Gasteiger partial charge is 0.493 e. The van der Waals surface area contributed by atoms with Crippen LogP contribution < -0.4 is 18.9 Å². The average molecular weight is 633 g/mol. The topological polar surface area (TPSA) is 93.1 Å². The Morgan fingerprint density at radius 1 is 0.848 bits per heavy atom. The molecular formula is C36H48N4O6. The molecule has 2 fully saturated rings. The van der Waals surface area contributed by atoms with E-state index in [1.54, 1.807) is 26.4 Å². The molecule has 2 aromatic rings. The lowest BCUT2D eigenvalue weighted by atomic mass is 10.1. The van der Waals surface area contributed by atoms with Crippen LogP contribution in [0.3, 0.4) is 0 Å². The zero-order valence-corrected chi connectivity index (χ0v) is 27.5. The first-order chi connectivity index (χ1) is 22.5. The van der Waals surface area contributed by atoms with E-state index in [2.05, 4.69) is 16.9 Å². The lowest BCUT2D eigenvalue weighted by Crippen LogP contribution is -2.46. The Hall–Kier alpha value is -4.05. The van der Waals surface area contributed by atoms with E-state index in [0.29, 0.717) is 47.5 Å². The zero-order valence-electron chi connectivity index (χ0n) is 27.5. The summed E-state index contributed by atoms with van der Waals surface area (Å²) in [5.41, 5.74) is 2.13. The molecule has 46 heavy (non-hydrogen) atoms. The van der Waals surface area contributed by atoms with Crippen molar-refractivity contribution in [3.63, 3.8) is 0 Å². The summed E-state index contributed by atoms with van der Waals surface area (Å²) in [5.74, 6) is 2.63. The van der Waals surface area contributed by atoms with Crippen LogP contribution in [0.25, 0.3) is 6.08 Å². The number of aliphatic imine (C=N–C) groups is 1. The lowest BCUT2D eigenvalue weighted by Gasteiger charge is -2.31. The molecule has 0 saturated carbocycles. The number of carbonyl (C=O) groups excluding carboxylic acids is 2. The van der Waals surface area contributed by atoms with Crippen LogP contribution in [-0.4, -0.2) is 106 Å². The van der Waals surface area contributed by atoms with Crippen molar-refractivity contribution < 1.29 is 28.5 Å². The standard InChI is InChI=1S/C36H48N4O6/c1-38-17-19-39(20-18-38)35(41)15-13-27-12-14-31(32(23-27)43-2)45-21-8-6-4-5-7-9-22-46-34-25-30-29(24-33(34)44-3)36(42)40-16-10-11-28(40)26-37-30/h12-15,23-26,28H,4-11,16-22H2,1-3H3/b15-13+/t28-/m0/s1. The lowest BCUT2D eigenvalue weighted by molar-refractivity contribution is -0.127. The van der Waals surface area contributed by atoms with E-state index < -0.39 is 0 Å². The van der Waals surface area contributed by atoms with Crippen molar-refractivity contribution in [2.45, 2.75) is 57.4 Å². The first kappa shape index (κ1) is 33.3. The summed E-state index contributed by atoms with van der Waals surface area (Å²) in [6.45, 7) is 5.31. The number of benzene rings is 2. The highest BCUT2D eigenvalue weighted by Gasteiger charge is 2.32. The Kier molecular flexibility index (Phi) is 11.9. The summed E-state index contributed by atoms with van der Waals surface area (Å²) in [6, 6.07) is 9.44. The van der Waals surface area contributed by atoms with E-state index in [-0.39, 0.29) is 17.9 Å².